The molecule has 4 heteroatoms. The Labute approximate surface area is 120 Å². The Morgan fingerprint density at radius 1 is 1.30 bits per heavy atom. The van der Waals surface area contributed by atoms with Crippen LogP contribution < -0.4 is 5.32 Å². The molecule has 0 bridgehead atoms. The SMILES string of the molecule is CCC1CCCC(Nc2cc(C)c(C)cc2[N+](=O)[O-])C1. The Bertz CT molecular complexity index is 499. The Hall–Kier alpha value is -1.58. The number of rotatable bonds is 4. The van der Waals surface area contributed by atoms with Gasteiger partial charge in [-0.25, -0.2) is 0 Å². The molecule has 2 rings (SSSR count). The van der Waals surface area contributed by atoms with Crippen molar-refractivity contribution < 1.29 is 4.92 Å². The van der Waals surface area contributed by atoms with Gasteiger partial charge in [-0.05, 0) is 49.8 Å². The van der Waals surface area contributed by atoms with Gasteiger partial charge in [0.1, 0.15) is 5.69 Å². The van der Waals surface area contributed by atoms with E-state index in [-0.39, 0.29) is 10.6 Å². The molecular formula is C16H24N2O2. The quantitative estimate of drug-likeness (QED) is 0.646. The first-order chi connectivity index (χ1) is 9.51. The number of nitrogens with one attached hydrogen (secondary N) is 1. The summed E-state index contributed by atoms with van der Waals surface area (Å²) in [6, 6.07) is 3.97. The van der Waals surface area contributed by atoms with Gasteiger partial charge in [0.2, 0.25) is 0 Å². The summed E-state index contributed by atoms with van der Waals surface area (Å²) in [6.07, 6.45) is 5.95. The van der Waals surface area contributed by atoms with E-state index >= 15 is 0 Å². The summed E-state index contributed by atoms with van der Waals surface area (Å²) in [7, 11) is 0. The number of hydrogen-bond donors (Lipinski definition) is 1. The van der Waals surface area contributed by atoms with E-state index in [0.29, 0.717) is 11.7 Å². The van der Waals surface area contributed by atoms with Crippen molar-refractivity contribution in [2.24, 2.45) is 5.92 Å². The lowest BCUT2D eigenvalue weighted by Crippen LogP contribution is -2.27. The normalized spacial score (nSPS) is 22.6. The Kier molecular flexibility index (Phi) is 4.63. The van der Waals surface area contributed by atoms with Crippen molar-refractivity contribution >= 4 is 11.4 Å². The molecule has 1 fully saturated rings. The largest absolute Gasteiger partial charge is 0.377 e. The van der Waals surface area contributed by atoms with E-state index in [4.69, 9.17) is 0 Å². The predicted octanol–water partition coefficient (Wildman–Crippen LogP) is 4.59. The third-order valence-electron chi connectivity index (χ3n) is 4.53. The fraction of sp³-hybridized carbons (Fsp3) is 0.625. The van der Waals surface area contributed by atoms with Gasteiger partial charge in [-0.15, -0.1) is 0 Å². The minimum Gasteiger partial charge on any atom is -0.377 e. The fourth-order valence-electron chi connectivity index (χ4n) is 3.08. The van der Waals surface area contributed by atoms with Gasteiger partial charge >= 0.3 is 0 Å². The number of hydrogen-bond acceptors (Lipinski definition) is 3. The Balaban J connectivity index is 2.19. The van der Waals surface area contributed by atoms with Crippen LogP contribution in [0.3, 0.4) is 0 Å². The van der Waals surface area contributed by atoms with E-state index in [2.05, 4.69) is 12.2 Å². The average Bonchev–Trinajstić information content (AvgIpc) is 2.42. The third kappa shape index (κ3) is 3.30. The van der Waals surface area contributed by atoms with Crippen LogP contribution in [0, 0.1) is 29.9 Å². The van der Waals surface area contributed by atoms with Gasteiger partial charge < -0.3 is 5.32 Å². The first-order valence-corrected chi connectivity index (χ1v) is 7.53. The van der Waals surface area contributed by atoms with Crippen molar-refractivity contribution in [1.82, 2.24) is 0 Å². The maximum absolute atomic E-state index is 11.2. The van der Waals surface area contributed by atoms with E-state index < -0.39 is 0 Å². The van der Waals surface area contributed by atoms with Crippen molar-refractivity contribution in [3.8, 4) is 0 Å². The van der Waals surface area contributed by atoms with Crippen LogP contribution in [-0.4, -0.2) is 11.0 Å². The van der Waals surface area contributed by atoms with Crippen LogP contribution in [0.1, 0.15) is 50.2 Å². The lowest BCUT2D eigenvalue weighted by atomic mass is 9.84. The molecule has 0 aliphatic heterocycles. The number of nitrogens with zero attached hydrogens (tertiary/aromatic N) is 1. The van der Waals surface area contributed by atoms with Gasteiger partial charge in [0.25, 0.3) is 5.69 Å². The van der Waals surface area contributed by atoms with Crippen molar-refractivity contribution in [3.05, 3.63) is 33.4 Å². The molecule has 2 unspecified atom stereocenters. The second-order valence-electron chi connectivity index (χ2n) is 5.99. The van der Waals surface area contributed by atoms with Gasteiger partial charge in [0.05, 0.1) is 4.92 Å². The molecule has 0 spiro atoms. The van der Waals surface area contributed by atoms with Gasteiger partial charge in [0, 0.05) is 12.1 Å². The van der Waals surface area contributed by atoms with Crippen LogP contribution in [-0.2, 0) is 0 Å². The minimum absolute atomic E-state index is 0.201. The zero-order valence-corrected chi connectivity index (χ0v) is 12.6. The summed E-state index contributed by atoms with van der Waals surface area (Å²) in [6.45, 7) is 6.14. The molecule has 0 amide bonds. The zero-order chi connectivity index (χ0) is 14.7. The molecule has 2 atom stereocenters. The first-order valence-electron chi connectivity index (χ1n) is 7.53. The Morgan fingerprint density at radius 3 is 2.65 bits per heavy atom. The molecule has 4 nitrogen and oxygen atoms in total. The standard InChI is InChI=1S/C16H24N2O2/c1-4-13-6-5-7-14(10-13)17-15-8-11(2)12(3)9-16(15)18(19)20/h8-9,13-14,17H,4-7,10H2,1-3H3. The molecule has 1 aliphatic carbocycles. The van der Waals surface area contributed by atoms with E-state index in [1.165, 1.54) is 19.3 Å². The van der Waals surface area contributed by atoms with Gasteiger partial charge in [-0.1, -0.05) is 26.2 Å². The lowest BCUT2D eigenvalue weighted by molar-refractivity contribution is -0.384. The maximum Gasteiger partial charge on any atom is 0.292 e. The highest BCUT2D eigenvalue weighted by Gasteiger charge is 2.23. The molecule has 20 heavy (non-hydrogen) atoms. The fourth-order valence-corrected chi connectivity index (χ4v) is 3.08. The van der Waals surface area contributed by atoms with Crippen LogP contribution in [0.15, 0.2) is 12.1 Å². The minimum atomic E-state index is -0.283. The van der Waals surface area contributed by atoms with Crippen LogP contribution in [0.5, 0.6) is 0 Å². The maximum atomic E-state index is 11.2. The third-order valence-corrected chi connectivity index (χ3v) is 4.53. The molecule has 1 N–H and O–H groups in total. The van der Waals surface area contributed by atoms with E-state index in [1.807, 2.05) is 19.9 Å². The molecule has 1 aromatic rings. The molecule has 0 radical (unpaired) electrons. The number of nitro groups is 1. The number of nitro benzene ring substituents is 1. The van der Waals surface area contributed by atoms with E-state index in [0.717, 1.165) is 29.9 Å². The highest BCUT2D eigenvalue weighted by Crippen LogP contribution is 2.33. The van der Waals surface area contributed by atoms with Gasteiger partial charge in [-0.2, -0.15) is 0 Å². The summed E-state index contributed by atoms with van der Waals surface area (Å²) in [5, 5.41) is 14.6. The van der Waals surface area contributed by atoms with Crippen molar-refractivity contribution in [3.63, 3.8) is 0 Å². The Morgan fingerprint density at radius 2 is 2.00 bits per heavy atom. The molecule has 1 aromatic carbocycles. The van der Waals surface area contributed by atoms with Crippen molar-refractivity contribution in [2.45, 2.75) is 58.9 Å². The summed E-state index contributed by atoms with van der Waals surface area (Å²) in [4.78, 5) is 10.9. The van der Waals surface area contributed by atoms with Crippen molar-refractivity contribution in [2.75, 3.05) is 5.32 Å². The molecular weight excluding hydrogens is 252 g/mol. The van der Waals surface area contributed by atoms with E-state index in [1.54, 1.807) is 6.07 Å². The molecule has 110 valence electrons. The van der Waals surface area contributed by atoms with Gasteiger partial charge in [0.15, 0.2) is 0 Å². The van der Waals surface area contributed by atoms with Crippen LogP contribution in [0.25, 0.3) is 0 Å². The zero-order valence-electron chi connectivity index (χ0n) is 12.6. The average molecular weight is 276 g/mol. The molecule has 0 heterocycles. The monoisotopic (exact) mass is 276 g/mol. The van der Waals surface area contributed by atoms with Crippen LogP contribution >= 0.6 is 0 Å². The summed E-state index contributed by atoms with van der Waals surface area (Å²) in [5.41, 5.74) is 2.95. The molecule has 0 saturated heterocycles. The molecule has 1 saturated carbocycles. The summed E-state index contributed by atoms with van der Waals surface area (Å²) in [5.74, 6) is 0.756. The van der Waals surface area contributed by atoms with E-state index in [9.17, 15) is 10.1 Å². The highest BCUT2D eigenvalue weighted by atomic mass is 16.6. The second-order valence-corrected chi connectivity index (χ2v) is 5.99. The number of aryl methyl sites for hydroxylation is 2. The number of benzene rings is 1. The molecule has 0 aromatic heterocycles. The molecule has 1 aliphatic rings. The smallest absolute Gasteiger partial charge is 0.292 e. The number of anilines is 1. The van der Waals surface area contributed by atoms with Crippen LogP contribution in [0.4, 0.5) is 11.4 Å². The topological polar surface area (TPSA) is 55.2 Å². The first kappa shape index (κ1) is 14.8. The van der Waals surface area contributed by atoms with Gasteiger partial charge in [-0.3, -0.25) is 10.1 Å². The summed E-state index contributed by atoms with van der Waals surface area (Å²) >= 11 is 0. The van der Waals surface area contributed by atoms with Crippen LogP contribution in [0.2, 0.25) is 0 Å². The van der Waals surface area contributed by atoms with Crippen molar-refractivity contribution in [1.29, 1.82) is 0 Å². The second kappa shape index (κ2) is 6.25. The predicted molar refractivity (Wildman–Crippen MR) is 82.2 cm³/mol. The highest BCUT2D eigenvalue weighted by molar-refractivity contribution is 5.64. The summed E-state index contributed by atoms with van der Waals surface area (Å²) < 4.78 is 0. The lowest BCUT2D eigenvalue weighted by Gasteiger charge is -2.29.